The average Bonchev–Trinajstić information content (AvgIpc) is 0.796. The molecule has 0 amide bonds. The fraction of sp³-hybridized carbons (Fsp3) is 0.267. The first-order chi connectivity index (χ1) is 44.9. The van der Waals surface area contributed by atoms with Gasteiger partial charge < -0.3 is 18.9 Å². The van der Waals surface area contributed by atoms with Gasteiger partial charge in [0.1, 0.15) is 0 Å². The van der Waals surface area contributed by atoms with Gasteiger partial charge in [0.25, 0.3) is 6.71 Å². The molecule has 0 radical (unpaired) electrons. The van der Waals surface area contributed by atoms with Gasteiger partial charge in [-0.2, -0.15) is 0 Å². The van der Waals surface area contributed by atoms with Crippen LogP contribution in [0.5, 0.6) is 0 Å². The van der Waals surface area contributed by atoms with E-state index < -0.39 is 0 Å². The van der Waals surface area contributed by atoms with Gasteiger partial charge in [-0.05, 0) is 154 Å². The van der Waals surface area contributed by atoms with E-state index >= 15 is 0 Å². The number of fused-ring (bicyclic) bond motifs is 10. The quantitative estimate of drug-likeness (QED) is 0.154. The third-order valence-electron chi connectivity index (χ3n) is 20.7. The highest BCUT2D eigenvalue weighted by Crippen LogP contribution is 2.51. The second-order valence-corrected chi connectivity index (χ2v) is 33.5. The molecule has 0 saturated heterocycles. The maximum Gasteiger partial charge on any atom is 0.252 e. The molecular weight excluding hydrogens is 1150 g/mol. The SMILES string of the molecule is CC(C)(C)c1cc(-c2ccccc2N2c3cc(-n4c5ccccc5c5cccc(C(C)(C)C)c54)ccc3B3c4ccc(-n5c6ccccc6c6cccc(C(C)(C)C)c65)cc4N(c4ccccc4-c4cc(C(C)(C)C)cc(C(C)(C)C)c4)c4cccc2c43)cc(C(C)(C)C)c1. The second-order valence-electron chi connectivity index (χ2n) is 33.5. The zero-order chi connectivity index (χ0) is 66.8. The highest BCUT2D eigenvalue weighted by Gasteiger charge is 2.45. The van der Waals surface area contributed by atoms with E-state index in [1.54, 1.807) is 0 Å². The summed E-state index contributed by atoms with van der Waals surface area (Å²) in [7, 11) is 0. The molecular formula is C90H91BN4. The molecule has 2 aromatic heterocycles. The van der Waals surface area contributed by atoms with Gasteiger partial charge in [-0.25, -0.2) is 0 Å². The van der Waals surface area contributed by atoms with Crippen molar-refractivity contribution in [1.29, 1.82) is 0 Å². The Kier molecular flexibility index (Phi) is 14.1. The van der Waals surface area contributed by atoms with Crippen LogP contribution in [-0.4, -0.2) is 15.8 Å². The molecule has 0 spiro atoms. The van der Waals surface area contributed by atoms with Crippen LogP contribution in [0.2, 0.25) is 0 Å². The van der Waals surface area contributed by atoms with E-state index in [2.05, 4.69) is 368 Å². The number of benzene rings is 11. The molecule has 2 aliphatic rings. The van der Waals surface area contributed by atoms with Crippen LogP contribution in [0.3, 0.4) is 0 Å². The lowest BCUT2D eigenvalue weighted by Crippen LogP contribution is -2.61. The van der Waals surface area contributed by atoms with Gasteiger partial charge in [0.05, 0.1) is 33.4 Å². The standard InChI is InChI=1S/C90H91BN4/c1-85(2,3)58-48-56(49-59(52-58)86(4,5)6)64-30-19-23-38-74(64)94-78-42-29-43-79-82(78)91(72-46-44-62(54-80(72)94)92-76-40-25-21-32-66(76)68-34-27-36-70(83(68)92)89(13,14)15)73-47-45-63(93-77-41-26-22-33-67(77)69-35-28-37-71(84(69)93)90(16,17)18)55-81(73)95(79)75-39-24-20-31-65(75)57-50-60(87(7,8)9)53-61(51-57)88(10,11)12/h19-55H,1-18H3. The number of rotatable bonds is 6. The zero-order valence-corrected chi connectivity index (χ0v) is 59.2. The fourth-order valence-electron chi connectivity index (χ4n) is 15.6. The van der Waals surface area contributed by atoms with Gasteiger partial charge in [-0.15, -0.1) is 0 Å². The lowest BCUT2D eigenvalue weighted by Gasteiger charge is -2.45. The van der Waals surface area contributed by atoms with Crippen LogP contribution in [0, 0.1) is 0 Å². The summed E-state index contributed by atoms with van der Waals surface area (Å²) in [5.41, 5.74) is 30.2. The molecule has 4 heterocycles. The highest BCUT2D eigenvalue weighted by molar-refractivity contribution is 7.00. The van der Waals surface area contributed by atoms with Crippen molar-refractivity contribution in [2.24, 2.45) is 0 Å². The number of para-hydroxylation sites is 6. The molecule has 0 unspecified atom stereocenters. The molecule has 474 valence electrons. The van der Waals surface area contributed by atoms with Crippen molar-refractivity contribution in [3.05, 3.63) is 258 Å². The molecule has 0 bridgehead atoms. The van der Waals surface area contributed by atoms with Gasteiger partial charge >= 0.3 is 0 Å². The Morgan fingerprint density at radius 1 is 0.263 bits per heavy atom. The fourth-order valence-corrected chi connectivity index (χ4v) is 15.6. The normalized spacial score (nSPS) is 13.7. The van der Waals surface area contributed by atoms with Crippen LogP contribution in [0.15, 0.2) is 224 Å². The molecule has 13 aromatic rings. The minimum atomic E-state index is -0.152. The molecule has 0 N–H and O–H groups in total. The van der Waals surface area contributed by atoms with Crippen molar-refractivity contribution < 1.29 is 0 Å². The Labute approximate surface area is 565 Å². The first-order valence-corrected chi connectivity index (χ1v) is 34.5. The van der Waals surface area contributed by atoms with Gasteiger partial charge in [-0.1, -0.05) is 288 Å². The lowest BCUT2D eigenvalue weighted by atomic mass is 9.33. The Balaban J connectivity index is 1.07. The summed E-state index contributed by atoms with van der Waals surface area (Å²) in [6.45, 7) is 42.2. The van der Waals surface area contributed by atoms with Crippen LogP contribution in [0.25, 0.3) is 77.2 Å². The van der Waals surface area contributed by atoms with E-state index in [0.717, 1.165) is 22.7 Å². The summed E-state index contributed by atoms with van der Waals surface area (Å²) < 4.78 is 5.14. The van der Waals surface area contributed by atoms with E-state index in [1.165, 1.54) is 138 Å². The predicted molar refractivity (Wildman–Crippen MR) is 412 cm³/mol. The third kappa shape index (κ3) is 10.2. The molecule has 2 aliphatic heterocycles. The topological polar surface area (TPSA) is 16.3 Å². The Bertz CT molecular complexity index is 4880. The van der Waals surface area contributed by atoms with Crippen LogP contribution >= 0.6 is 0 Å². The van der Waals surface area contributed by atoms with Gasteiger partial charge in [0, 0.05) is 66.8 Å². The zero-order valence-electron chi connectivity index (χ0n) is 59.2. The van der Waals surface area contributed by atoms with Crippen molar-refractivity contribution in [1.82, 2.24) is 9.13 Å². The predicted octanol–water partition coefficient (Wildman–Crippen LogP) is 23.1. The molecule has 0 fully saturated rings. The van der Waals surface area contributed by atoms with Crippen molar-refractivity contribution in [3.8, 4) is 33.6 Å². The molecule has 0 saturated carbocycles. The minimum Gasteiger partial charge on any atom is -0.311 e. The molecule has 4 nitrogen and oxygen atoms in total. The molecule has 0 aliphatic carbocycles. The largest absolute Gasteiger partial charge is 0.311 e. The van der Waals surface area contributed by atoms with Gasteiger partial charge in [0.15, 0.2) is 0 Å². The summed E-state index contributed by atoms with van der Waals surface area (Å²) in [5, 5.41) is 5.05. The number of nitrogens with zero attached hydrogens (tertiary/aromatic N) is 4. The van der Waals surface area contributed by atoms with Gasteiger partial charge in [-0.3, -0.25) is 0 Å². The summed E-state index contributed by atoms with van der Waals surface area (Å²) >= 11 is 0. The molecule has 15 rings (SSSR count). The van der Waals surface area contributed by atoms with Crippen LogP contribution in [-0.2, 0) is 32.5 Å². The summed E-state index contributed by atoms with van der Waals surface area (Å²) in [5.74, 6) is 0. The maximum atomic E-state index is 2.65. The smallest absolute Gasteiger partial charge is 0.252 e. The lowest BCUT2D eigenvalue weighted by molar-refractivity contribution is 0.568. The monoisotopic (exact) mass is 1240 g/mol. The van der Waals surface area contributed by atoms with E-state index in [1.807, 2.05) is 0 Å². The molecule has 11 aromatic carbocycles. The summed E-state index contributed by atoms with van der Waals surface area (Å²) in [6.07, 6.45) is 0. The van der Waals surface area contributed by atoms with E-state index in [0.29, 0.717) is 0 Å². The van der Waals surface area contributed by atoms with Crippen LogP contribution < -0.4 is 26.2 Å². The van der Waals surface area contributed by atoms with E-state index in [4.69, 9.17) is 0 Å². The minimum absolute atomic E-state index is 0.0800. The van der Waals surface area contributed by atoms with Crippen molar-refractivity contribution in [2.45, 2.75) is 157 Å². The number of hydrogen-bond acceptors (Lipinski definition) is 2. The summed E-state index contributed by atoms with van der Waals surface area (Å²) in [6, 6.07) is 87.3. The van der Waals surface area contributed by atoms with E-state index in [-0.39, 0.29) is 39.2 Å². The van der Waals surface area contributed by atoms with Crippen LogP contribution in [0.4, 0.5) is 34.1 Å². The number of anilines is 6. The number of hydrogen-bond donors (Lipinski definition) is 0. The third-order valence-corrected chi connectivity index (χ3v) is 20.7. The second kappa shape index (κ2) is 21.6. The van der Waals surface area contributed by atoms with Crippen molar-refractivity contribution in [2.75, 3.05) is 9.80 Å². The molecule has 5 heteroatoms. The Hall–Kier alpha value is -9.32. The Morgan fingerprint density at radius 2 is 0.589 bits per heavy atom. The Morgan fingerprint density at radius 3 is 0.958 bits per heavy atom. The molecule has 95 heavy (non-hydrogen) atoms. The summed E-state index contributed by atoms with van der Waals surface area (Å²) in [4.78, 5) is 5.31. The number of aromatic nitrogens is 2. The van der Waals surface area contributed by atoms with Crippen LogP contribution in [0.1, 0.15) is 158 Å². The first-order valence-electron chi connectivity index (χ1n) is 34.5. The highest BCUT2D eigenvalue weighted by atomic mass is 15.2. The maximum absolute atomic E-state index is 2.65. The van der Waals surface area contributed by atoms with Crippen molar-refractivity contribution in [3.63, 3.8) is 0 Å². The first kappa shape index (κ1) is 61.8. The average molecular weight is 1240 g/mol. The van der Waals surface area contributed by atoms with E-state index in [9.17, 15) is 0 Å². The molecule has 0 atom stereocenters. The van der Waals surface area contributed by atoms with Crippen molar-refractivity contribution >= 4 is 101 Å². The van der Waals surface area contributed by atoms with Gasteiger partial charge in [0.2, 0.25) is 0 Å².